The maximum atomic E-state index is 10.8. The Labute approximate surface area is 83.0 Å². The maximum absolute atomic E-state index is 10.8. The van der Waals surface area contributed by atoms with Crippen molar-refractivity contribution in [1.29, 1.82) is 0 Å². The topological polar surface area (TPSA) is 92.4 Å². The van der Waals surface area contributed by atoms with Crippen molar-refractivity contribution in [3.05, 3.63) is 12.7 Å². The molecule has 0 fully saturated rings. The molecule has 0 spiro atoms. The molecule has 0 aliphatic carbocycles. The molecular weight excluding hydrogens is 184 g/mol. The van der Waals surface area contributed by atoms with Crippen LogP contribution >= 0.6 is 0 Å². The number of nitrogens with one attached hydrogen (secondary N) is 1. The van der Waals surface area contributed by atoms with Crippen LogP contribution in [0.3, 0.4) is 0 Å². The molecule has 0 unspecified atom stereocenters. The number of amides is 1. The van der Waals surface area contributed by atoms with E-state index in [-0.39, 0.29) is 0 Å². The summed E-state index contributed by atoms with van der Waals surface area (Å²) in [4.78, 5) is 21.5. The van der Waals surface area contributed by atoms with Crippen molar-refractivity contribution in [1.82, 2.24) is 5.32 Å². The van der Waals surface area contributed by atoms with E-state index < -0.39 is 17.9 Å². The number of carbonyl (C=O) groups excluding carboxylic acids is 1. The lowest BCUT2D eigenvalue weighted by atomic mass is 10.1. The highest BCUT2D eigenvalue weighted by molar-refractivity contribution is 5.90. The SMILES string of the molecule is C=CC(=O)N[C@H](CCCCN)C(=O)O. The minimum absolute atomic E-state index is 0.395. The molecule has 5 nitrogen and oxygen atoms in total. The van der Waals surface area contributed by atoms with Gasteiger partial charge in [0.15, 0.2) is 0 Å². The third-order valence-corrected chi connectivity index (χ3v) is 1.75. The summed E-state index contributed by atoms with van der Waals surface area (Å²) in [7, 11) is 0. The Kier molecular flexibility index (Phi) is 6.39. The Morgan fingerprint density at radius 2 is 2.14 bits per heavy atom. The van der Waals surface area contributed by atoms with Gasteiger partial charge in [-0.3, -0.25) is 4.79 Å². The van der Waals surface area contributed by atoms with E-state index in [4.69, 9.17) is 10.8 Å². The van der Waals surface area contributed by atoms with Crippen molar-refractivity contribution in [3.63, 3.8) is 0 Å². The fourth-order valence-corrected chi connectivity index (χ4v) is 0.981. The molecule has 0 heterocycles. The predicted molar refractivity (Wildman–Crippen MR) is 52.7 cm³/mol. The summed E-state index contributed by atoms with van der Waals surface area (Å²) in [5.74, 6) is -1.50. The molecule has 14 heavy (non-hydrogen) atoms. The second-order valence-electron chi connectivity index (χ2n) is 2.89. The Morgan fingerprint density at radius 3 is 2.57 bits per heavy atom. The summed E-state index contributed by atoms with van der Waals surface area (Å²) < 4.78 is 0. The van der Waals surface area contributed by atoms with Gasteiger partial charge in [-0.2, -0.15) is 0 Å². The second kappa shape index (κ2) is 7.08. The van der Waals surface area contributed by atoms with Crippen LogP contribution in [0.1, 0.15) is 19.3 Å². The third-order valence-electron chi connectivity index (χ3n) is 1.75. The summed E-state index contributed by atoms with van der Waals surface area (Å²) >= 11 is 0. The number of hydrogen-bond donors (Lipinski definition) is 3. The first kappa shape index (κ1) is 12.6. The number of carbonyl (C=O) groups is 2. The standard InChI is InChI=1S/C9H16N2O3/c1-2-8(12)11-7(9(13)14)5-3-4-6-10/h2,7H,1,3-6,10H2,(H,11,12)(H,13,14)/t7-/m1/s1. The molecule has 0 saturated heterocycles. The van der Waals surface area contributed by atoms with Gasteiger partial charge >= 0.3 is 5.97 Å². The molecule has 0 aromatic carbocycles. The lowest BCUT2D eigenvalue weighted by molar-refractivity contribution is -0.141. The van der Waals surface area contributed by atoms with Crippen LogP contribution in [-0.2, 0) is 9.59 Å². The molecule has 80 valence electrons. The largest absolute Gasteiger partial charge is 0.480 e. The molecule has 0 aliphatic rings. The molecule has 1 atom stereocenters. The second-order valence-corrected chi connectivity index (χ2v) is 2.89. The number of carboxylic acid groups (broad SMARTS) is 1. The van der Waals surface area contributed by atoms with Crippen molar-refractivity contribution in [3.8, 4) is 0 Å². The van der Waals surface area contributed by atoms with Crippen LogP contribution in [0.25, 0.3) is 0 Å². The molecule has 0 saturated carbocycles. The Morgan fingerprint density at radius 1 is 1.50 bits per heavy atom. The molecule has 0 rings (SSSR count). The lowest BCUT2D eigenvalue weighted by Gasteiger charge is -2.12. The highest BCUT2D eigenvalue weighted by Crippen LogP contribution is 2.00. The highest BCUT2D eigenvalue weighted by atomic mass is 16.4. The van der Waals surface area contributed by atoms with E-state index >= 15 is 0 Å². The van der Waals surface area contributed by atoms with Crippen molar-refractivity contribution >= 4 is 11.9 Å². The van der Waals surface area contributed by atoms with Gasteiger partial charge in [-0.25, -0.2) is 4.79 Å². The third kappa shape index (κ3) is 5.31. The van der Waals surface area contributed by atoms with E-state index in [0.717, 1.165) is 12.5 Å². The maximum Gasteiger partial charge on any atom is 0.326 e. The van der Waals surface area contributed by atoms with E-state index in [1.165, 1.54) is 0 Å². The van der Waals surface area contributed by atoms with Crippen LogP contribution in [0.2, 0.25) is 0 Å². The summed E-state index contributed by atoms with van der Waals surface area (Å²) in [5.41, 5.74) is 5.27. The first-order valence-electron chi connectivity index (χ1n) is 4.47. The van der Waals surface area contributed by atoms with Gasteiger partial charge in [0.1, 0.15) is 6.04 Å². The Hall–Kier alpha value is -1.36. The molecule has 5 heteroatoms. The monoisotopic (exact) mass is 200 g/mol. The number of hydrogen-bond acceptors (Lipinski definition) is 3. The number of unbranched alkanes of at least 4 members (excludes halogenated alkanes) is 1. The first-order valence-corrected chi connectivity index (χ1v) is 4.47. The van der Waals surface area contributed by atoms with Gasteiger partial charge in [0.25, 0.3) is 0 Å². The zero-order valence-corrected chi connectivity index (χ0v) is 8.03. The number of nitrogens with two attached hydrogens (primary N) is 1. The zero-order valence-electron chi connectivity index (χ0n) is 8.03. The van der Waals surface area contributed by atoms with Crippen LogP contribution in [0, 0.1) is 0 Å². The summed E-state index contributed by atoms with van der Waals surface area (Å²) in [6.45, 7) is 3.77. The molecule has 0 bridgehead atoms. The van der Waals surface area contributed by atoms with E-state index in [9.17, 15) is 9.59 Å². The highest BCUT2D eigenvalue weighted by Gasteiger charge is 2.17. The molecular formula is C9H16N2O3. The van der Waals surface area contributed by atoms with E-state index in [2.05, 4.69) is 11.9 Å². The summed E-state index contributed by atoms with van der Waals surface area (Å²) in [6, 6.07) is -0.841. The molecule has 0 aromatic rings. The van der Waals surface area contributed by atoms with Crippen molar-refractivity contribution in [2.24, 2.45) is 5.73 Å². The van der Waals surface area contributed by atoms with Gasteiger partial charge < -0.3 is 16.2 Å². The minimum atomic E-state index is -1.03. The lowest BCUT2D eigenvalue weighted by Crippen LogP contribution is -2.39. The van der Waals surface area contributed by atoms with Crippen LogP contribution in [0.5, 0.6) is 0 Å². The smallest absolute Gasteiger partial charge is 0.326 e. The normalized spacial score (nSPS) is 11.8. The Bertz CT molecular complexity index is 216. The number of aliphatic carboxylic acids is 1. The number of carboxylic acids is 1. The molecule has 0 radical (unpaired) electrons. The van der Waals surface area contributed by atoms with Gasteiger partial charge in [0.05, 0.1) is 0 Å². The fraction of sp³-hybridized carbons (Fsp3) is 0.556. The van der Waals surface area contributed by atoms with E-state index in [1.807, 2.05) is 0 Å². The molecule has 0 aliphatic heterocycles. The van der Waals surface area contributed by atoms with Gasteiger partial charge in [0.2, 0.25) is 5.91 Å². The molecule has 1 amide bonds. The summed E-state index contributed by atoms with van der Waals surface area (Å²) in [6.07, 6.45) is 2.89. The van der Waals surface area contributed by atoms with Crippen LogP contribution in [-0.4, -0.2) is 29.6 Å². The van der Waals surface area contributed by atoms with Crippen molar-refractivity contribution in [2.45, 2.75) is 25.3 Å². The zero-order chi connectivity index (χ0) is 11.0. The molecule has 0 aromatic heterocycles. The molecule has 4 N–H and O–H groups in total. The van der Waals surface area contributed by atoms with Gasteiger partial charge in [0, 0.05) is 0 Å². The van der Waals surface area contributed by atoms with Crippen LogP contribution < -0.4 is 11.1 Å². The van der Waals surface area contributed by atoms with Crippen LogP contribution in [0.4, 0.5) is 0 Å². The van der Waals surface area contributed by atoms with Gasteiger partial charge in [-0.1, -0.05) is 6.58 Å². The number of rotatable bonds is 7. The average molecular weight is 200 g/mol. The van der Waals surface area contributed by atoms with Crippen LogP contribution in [0.15, 0.2) is 12.7 Å². The van der Waals surface area contributed by atoms with E-state index in [1.54, 1.807) is 0 Å². The Balaban J connectivity index is 3.96. The quantitative estimate of drug-likeness (QED) is 0.394. The fourth-order valence-electron chi connectivity index (χ4n) is 0.981. The minimum Gasteiger partial charge on any atom is -0.480 e. The van der Waals surface area contributed by atoms with Gasteiger partial charge in [-0.15, -0.1) is 0 Å². The predicted octanol–water partition coefficient (Wildman–Crippen LogP) is -0.129. The van der Waals surface area contributed by atoms with Gasteiger partial charge in [-0.05, 0) is 31.9 Å². The first-order chi connectivity index (χ1) is 6.61. The van der Waals surface area contributed by atoms with E-state index in [0.29, 0.717) is 19.4 Å². The van der Waals surface area contributed by atoms with Crippen molar-refractivity contribution < 1.29 is 14.7 Å². The summed E-state index contributed by atoms with van der Waals surface area (Å²) in [5, 5.41) is 11.1. The average Bonchev–Trinajstić information content (AvgIpc) is 2.16. The van der Waals surface area contributed by atoms with Crippen molar-refractivity contribution in [2.75, 3.05) is 6.54 Å².